The molecule has 0 bridgehead atoms. The first-order valence-electron chi connectivity index (χ1n) is 9.97. The molecule has 0 radical (unpaired) electrons. The fourth-order valence-electron chi connectivity index (χ4n) is 3.27. The van der Waals surface area contributed by atoms with Gasteiger partial charge in [-0.2, -0.15) is 0 Å². The summed E-state index contributed by atoms with van der Waals surface area (Å²) < 4.78 is 5.27. The molecule has 6 nitrogen and oxygen atoms in total. The summed E-state index contributed by atoms with van der Waals surface area (Å²) in [6.07, 6.45) is 3.24. The van der Waals surface area contributed by atoms with E-state index in [1.165, 1.54) is 6.08 Å². The second-order valence-electron chi connectivity index (χ2n) is 7.02. The summed E-state index contributed by atoms with van der Waals surface area (Å²) in [4.78, 5) is 26.8. The van der Waals surface area contributed by atoms with Gasteiger partial charge in [0.05, 0.1) is 18.2 Å². The Kier molecular flexibility index (Phi) is 7.20. The monoisotopic (exact) mass is 435 g/mol. The Morgan fingerprint density at radius 2 is 1.94 bits per heavy atom. The number of anilines is 1. The van der Waals surface area contributed by atoms with Crippen LogP contribution in [-0.4, -0.2) is 35.5 Å². The lowest BCUT2D eigenvalue weighted by molar-refractivity contribution is -0.139. The number of hydrogen-bond donors (Lipinski definition) is 2. The number of carbonyl (C=O) groups excluding carboxylic acids is 2. The second-order valence-corrected chi connectivity index (χ2v) is 7.41. The molecule has 0 spiro atoms. The van der Waals surface area contributed by atoms with E-state index in [1.807, 2.05) is 55.5 Å². The van der Waals surface area contributed by atoms with Gasteiger partial charge in [-0.15, -0.1) is 0 Å². The van der Waals surface area contributed by atoms with Crippen molar-refractivity contribution in [3.8, 4) is 0 Å². The standard InChI is InChI=1S/C24H25N3O3S/c1-4-30-23(29)21-16(2)27(3)24(31)26-22(21)18-11-8-12-19(15-18)25-20(28)14-13-17-9-6-5-7-10-17/h5-15,22H,4H2,1-3H3,(H,25,28)(H,26,31)/b14-13+/t22-/m0/s1. The third-order valence-electron chi connectivity index (χ3n) is 4.96. The van der Waals surface area contributed by atoms with Crippen LogP contribution in [-0.2, 0) is 14.3 Å². The molecular weight excluding hydrogens is 410 g/mol. The Hall–Kier alpha value is -3.45. The van der Waals surface area contributed by atoms with Crippen molar-refractivity contribution in [2.45, 2.75) is 19.9 Å². The molecule has 160 valence electrons. The molecule has 0 aliphatic carbocycles. The molecule has 2 aromatic carbocycles. The maximum absolute atomic E-state index is 12.7. The largest absolute Gasteiger partial charge is 0.463 e. The van der Waals surface area contributed by atoms with E-state index in [0.717, 1.165) is 16.8 Å². The number of amides is 1. The summed E-state index contributed by atoms with van der Waals surface area (Å²) in [6.45, 7) is 3.89. The number of nitrogens with one attached hydrogen (secondary N) is 2. The van der Waals surface area contributed by atoms with Gasteiger partial charge in [0, 0.05) is 24.5 Å². The highest BCUT2D eigenvalue weighted by Crippen LogP contribution is 2.31. The Bertz CT molecular complexity index is 1050. The van der Waals surface area contributed by atoms with Crippen molar-refractivity contribution >= 4 is 41.0 Å². The molecule has 1 amide bonds. The molecule has 1 aliphatic heterocycles. The summed E-state index contributed by atoms with van der Waals surface area (Å²) in [5.41, 5.74) is 3.57. The Morgan fingerprint density at radius 3 is 2.65 bits per heavy atom. The molecular formula is C24H25N3O3S. The van der Waals surface area contributed by atoms with E-state index in [-0.39, 0.29) is 12.5 Å². The number of ether oxygens (including phenoxy) is 1. The lowest BCUT2D eigenvalue weighted by Crippen LogP contribution is -2.46. The van der Waals surface area contributed by atoms with Crippen molar-refractivity contribution in [1.82, 2.24) is 10.2 Å². The number of carbonyl (C=O) groups is 2. The summed E-state index contributed by atoms with van der Waals surface area (Å²) in [5.74, 6) is -0.641. The quantitative estimate of drug-likeness (QED) is 0.406. The predicted octanol–water partition coefficient (Wildman–Crippen LogP) is 4.04. The third-order valence-corrected chi connectivity index (χ3v) is 5.36. The maximum Gasteiger partial charge on any atom is 0.338 e. The van der Waals surface area contributed by atoms with Gasteiger partial charge in [-0.25, -0.2) is 4.79 Å². The van der Waals surface area contributed by atoms with Crippen molar-refractivity contribution in [2.75, 3.05) is 19.0 Å². The third kappa shape index (κ3) is 5.38. The van der Waals surface area contributed by atoms with Gasteiger partial charge in [-0.3, -0.25) is 4.79 Å². The van der Waals surface area contributed by atoms with Gasteiger partial charge in [0.1, 0.15) is 0 Å². The van der Waals surface area contributed by atoms with Crippen LogP contribution in [0, 0.1) is 0 Å². The van der Waals surface area contributed by atoms with Gasteiger partial charge in [0.15, 0.2) is 5.11 Å². The minimum Gasteiger partial charge on any atom is -0.463 e. The first kappa shape index (κ1) is 22.2. The van der Waals surface area contributed by atoms with E-state index in [9.17, 15) is 9.59 Å². The SMILES string of the molecule is CCOC(=O)C1=C(C)N(C)C(=S)N[C@H]1c1cccc(NC(=O)/C=C/c2ccccc2)c1. The molecule has 7 heteroatoms. The molecule has 0 aromatic heterocycles. The highest BCUT2D eigenvalue weighted by atomic mass is 32.1. The average molecular weight is 436 g/mol. The average Bonchev–Trinajstić information content (AvgIpc) is 2.77. The first-order valence-corrected chi connectivity index (χ1v) is 10.4. The molecule has 0 fully saturated rings. The molecule has 1 atom stereocenters. The van der Waals surface area contributed by atoms with E-state index in [4.69, 9.17) is 17.0 Å². The highest BCUT2D eigenvalue weighted by molar-refractivity contribution is 7.80. The topological polar surface area (TPSA) is 70.7 Å². The molecule has 3 rings (SSSR count). The number of hydrogen-bond acceptors (Lipinski definition) is 4. The molecule has 31 heavy (non-hydrogen) atoms. The Balaban J connectivity index is 1.84. The normalized spacial score (nSPS) is 16.3. The zero-order chi connectivity index (χ0) is 22.4. The molecule has 0 unspecified atom stereocenters. The second kappa shape index (κ2) is 10.0. The zero-order valence-corrected chi connectivity index (χ0v) is 18.5. The van der Waals surface area contributed by atoms with E-state index in [0.29, 0.717) is 16.4 Å². The van der Waals surface area contributed by atoms with Gasteiger partial charge < -0.3 is 20.3 Å². The molecule has 0 saturated carbocycles. The molecule has 0 saturated heterocycles. The van der Waals surface area contributed by atoms with Crippen LogP contribution in [0.1, 0.15) is 31.0 Å². The van der Waals surface area contributed by atoms with Crippen LogP contribution in [0.25, 0.3) is 6.08 Å². The number of thiocarbonyl (C=S) groups is 1. The summed E-state index contributed by atoms with van der Waals surface area (Å²) in [7, 11) is 1.80. The van der Waals surface area contributed by atoms with Crippen LogP contribution in [0.2, 0.25) is 0 Å². The van der Waals surface area contributed by atoms with Crippen LogP contribution >= 0.6 is 12.2 Å². The van der Waals surface area contributed by atoms with Gasteiger partial charge in [0.25, 0.3) is 0 Å². The molecule has 2 N–H and O–H groups in total. The van der Waals surface area contributed by atoms with Gasteiger partial charge in [-0.05, 0) is 55.4 Å². The lowest BCUT2D eigenvalue weighted by Gasteiger charge is -2.35. The molecule has 1 aliphatic rings. The van der Waals surface area contributed by atoms with Gasteiger partial charge in [-0.1, -0.05) is 42.5 Å². The minimum absolute atomic E-state index is 0.245. The van der Waals surface area contributed by atoms with Gasteiger partial charge >= 0.3 is 5.97 Å². The minimum atomic E-state index is -0.473. The smallest absolute Gasteiger partial charge is 0.338 e. The van der Waals surface area contributed by atoms with Crippen LogP contribution in [0.5, 0.6) is 0 Å². The van der Waals surface area contributed by atoms with E-state index in [1.54, 1.807) is 31.0 Å². The van der Waals surface area contributed by atoms with Crippen molar-refractivity contribution in [2.24, 2.45) is 0 Å². The zero-order valence-electron chi connectivity index (χ0n) is 17.7. The number of benzene rings is 2. The molecule has 1 heterocycles. The fourth-order valence-corrected chi connectivity index (χ4v) is 3.53. The number of esters is 1. The van der Waals surface area contributed by atoms with E-state index < -0.39 is 12.0 Å². The van der Waals surface area contributed by atoms with E-state index >= 15 is 0 Å². The number of rotatable bonds is 6. The van der Waals surface area contributed by atoms with Crippen LogP contribution < -0.4 is 10.6 Å². The number of nitrogens with zero attached hydrogens (tertiary/aromatic N) is 1. The summed E-state index contributed by atoms with van der Waals surface area (Å²) in [6, 6.07) is 16.5. The maximum atomic E-state index is 12.7. The summed E-state index contributed by atoms with van der Waals surface area (Å²) >= 11 is 5.42. The molecule has 2 aromatic rings. The number of allylic oxidation sites excluding steroid dienone is 1. The predicted molar refractivity (Wildman–Crippen MR) is 126 cm³/mol. The van der Waals surface area contributed by atoms with E-state index in [2.05, 4.69) is 10.6 Å². The van der Waals surface area contributed by atoms with Crippen molar-refractivity contribution in [3.63, 3.8) is 0 Å². The van der Waals surface area contributed by atoms with Crippen molar-refractivity contribution < 1.29 is 14.3 Å². The Morgan fingerprint density at radius 1 is 1.19 bits per heavy atom. The highest BCUT2D eigenvalue weighted by Gasteiger charge is 2.33. The van der Waals surface area contributed by atoms with Crippen LogP contribution in [0.4, 0.5) is 5.69 Å². The van der Waals surface area contributed by atoms with Crippen LogP contribution in [0.3, 0.4) is 0 Å². The lowest BCUT2D eigenvalue weighted by atomic mass is 9.95. The van der Waals surface area contributed by atoms with Gasteiger partial charge in [0.2, 0.25) is 5.91 Å². The summed E-state index contributed by atoms with van der Waals surface area (Å²) in [5, 5.41) is 6.57. The first-order chi connectivity index (χ1) is 14.9. The van der Waals surface area contributed by atoms with Crippen molar-refractivity contribution in [1.29, 1.82) is 0 Å². The van der Waals surface area contributed by atoms with Crippen LogP contribution in [0.15, 0.2) is 71.9 Å². The Labute approximate surface area is 187 Å². The fraction of sp³-hybridized carbons (Fsp3) is 0.208. The van der Waals surface area contributed by atoms with Crippen molar-refractivity contribution in [3.05, 3.63) is 83.1 Å².